The molecule has 1 amide bonds. The second-order valence-corrected chi connectivity index (χ2v) is 5.43. The molecule has 1 aliphatic heterocycles. The number of nitro groups is 1. The zero-order chi connectivity index (χ0) is 14.7. The quantitative estimate of drug-likeness (QED) is 0.625. The van der Waals surface area contributed by atoms with Gasteiger partial charge in [0, 0.05) is 29.7 Å². The number of hydrogen-bond donors (Lipinski definition) is 0. The van der Waals surface area contributed by atoms with Gasteiger partial charge in [-0.25, -0.2) is 0 Å². The molecular formula is C13H15BrN2O4. The Kier molecular flexibility index (Phi) is 4.72. The molecule has 0 aliphatic carbocycles. The molecule has 1 aromatic rings. The molecule has 2 rings (SSSR count). The predicted octanol–water partition coefficient (Wildman–Crippen LogP) is 2.61. The molecule has 1 unspecified atom stereocenters. The van der Waals surface area contributed by atoms with E-state index in [9.17, 15) is 14.9 Å². The third kappa shape index (κ3) is 3.16. The summed E-state index contributed by atoms with van der Waals surface area (Å²) in [6, 6.07) is 4.21. The lowest BCUT2D eigenvalue weighted by atomic mass is 10.1. The number of carbonyl (C=O) groups is 1. The smallest absolute Gasteiger partial charge is 0.270 e. The van der Waals surface area contributed by atoms with Crippen LogP contribution >= 0.6 is 15.9 Å². The molecular weight excluding hydrogens is 328 g/mol. The molecule has 0 radical (unpaired) electrons. The summed E-state index contributed by atoms with van der Waals surface area (Å²) in [5.41, 5.74) is 0.229. The van der Waals surface area contributed by atoms with Crippen LogP contribution < -0.4 is 0 Å². The van der Waals surface area contributed by atoms with Crippen LogP contribution in [0.3, 0.4) is 0 Å². The van der Waals surface area contributed by atoms with Crippen LogP contribution in [0.1, 0.15) is 23.7 Å². The summed E-state index contributed by atoms with van der Waals surface area (Å²) < 4.78 is 6.08. The number of non-ortho nitro benzene ring substituents is 1. The number of benzene rings is 1. The van der Waals surface area contributed by atoms with Crippen molar-refractivity contribution < 1.29 is 14.5 Å². The Labute approximate surface area is 125 Å². The van der Waals surface area contributed by atoms with E-state index in [4.69, 9.17) is 4.74 Å². The van der Waals surface area contributed by atoms with E-state index in [1.54, 1.807) is 4.90 Å². The molecule has 0 N–H and O–H groups in total. The Balaban J connectivity index is 2.24. The van der Waals surface area contributed by atoms with E-state index in [2.05, 4.69) is 15.9 Å². The average Bonchev–Trinajstić information content (AvgIpc) is 2.46. The number of ether oxygens (including phenoxy) is 1. The number of rotatable bonds is 3. The van der Waals surface area contributed by atoms with E-state index in [0.717, 1.165) is 6.42 Å². The molecule has 108 valence electrons. The highest BCUT2D eigenvalue weighted by atomic mass is 79.9. The average molecular weight is 343 g/mol. The molecule has 7 heteroatoms. The lowest BCUT2D eigenvalue weighted by Crippen LogP contribution is -2.45. The number of nitrogens with zero attached hydrogens (tertiary/aromatic N) is 2. The zero-order valence-electron chi connectivity index (χ0n) is 11.0. The Morgan fingerprint density at radius 3 is 3.00 bits per heavy atom. The van der Waals surface area contributed by atoms with Crippen molar-refractivity contribution in [3.63, 3.8) is 0 Å². The molecule has 0 saturated carbocycles. The van der Waals surface area contributed by atoms with Crippen LogP contribution in [0.25, 0.3) is 0 Å². The minimum absolute atomic E-state index is 0.0326. The molecule has 6 nitrogen and oxygen atoms in total. The van der Waals surface area contributed by atoms with Crippen molar-refractivity contribution in [3.8, 4) is 0 Å². The molecule has 1 saturated heterocycles. The van der Waals surface area contributed by atoms with Crippen LogP contribution in [0.15, 0.2) is 22.7 Å². The molecule has 0 aromatic heterocycles. The fourth-order valence-corrected chi connectivity index (χ4v) is 2.53. The van der Waals surface area contributed by atoms with Crippen molar-refractivity contribution in [3.05, 3.63) is 38.3 Å². The first-order valence-electron chi connectivity index (χ1n) is 6.37. The maximum atomic E-state index is 12.5. The molecule has 0 spiro atoms. The molecule has 1 atom stereocenters. The SMILES string of the molecule is CCC1CN(C(=O)c2cc([N+](=O)[O-])ccc2Br)CCO1. The molecule has 0 bridgehead atoms. The Hall–Kier alpha value is -1.47. The van der Waals surface area contributed by atoms with E-state index in [-0.39, 0.29) is 17.7 Å². The molecule has 1 aliphatic rings. The van der Waals surface area contributed by atoms with Crippen molar-refractivity contribution in [1.29, 1.82) is 0 Å². The Bertz CT molecular complexity index is 535. The van der Waals surface area contributed by atoms with Crippen molar-refractivity contribution in [2.45, 2.75) is 19.4 Å². The number of amides is 1. The van der Waals surface area contributed by atoms with Gasteiger partial charge in [-0.05, 0) is 28.4 Å². The normalized spacial score (nSPS) is 18.9. The highest BCUT2D eigenvalue weighted by molar-refractivity contribution is 9.10. The van der Waals surface area contributed by atoms with Crippen molar-refractivity contribution in [1.82, 2.24) is 4.90 Å². The fraction of sp³-hybridized carbons (Fsp3) is 0.462. The van der Waals surface area contributed by atoms with Gasteiger partial charge in [0.1, 0.15) is 0 Å². The van der Waals surface area contributed by atoms with E-state index < -0.39 is 4.92 Å². The first-order chi connectivity index (χ1) is 9.52. The third-order valence-electron chi connectivity index (χ3n) is 3.27. The Morgan fingerprint density at radius 1 is 1.60 bits per heavy atom. The van der Waals surface area contributed by atoms with Crippen LogP contribution in [0.2, 0.25) is 0 Å². The highest BCUT2D eigenvalue weighted by Gasteiger charge is 2.26. The monoisotopic (exact) mass is 342 g/mol. The van der Waals surface area contributed by atoms with Crippen LogP contribution in [0.4, 0.5) is 5.69 Å². The molecule has 1 fully saturated rings. The lowest BCUT2D eigenvalue weighted by Gasteiger charge is -2.32. The van der Waals surface area contributed by atoms with Crippen molar-refractivity contribution in [2.24, 2.45) is 0 Å². The third-order valence-corrected chi connectivity index (χ3v) is 3.96. The van der Waals surface area contributed by atoms with E-state index in [0.29, 0.717) is 29.7 Å². The molecule has 1 heterocycles. The van der Waals surface area contributed by atoms with Gasteiger partial charge in [0.25, 0.3) is 11.6 Å². The topological polar surface area (TPSA) is 72.7 Å². The molecule has 20 heavy (non-hydrogen) atoms. The second-order valence-electron chi connectivity index (χ2n) is 4.57. The van der Waals surface area contributed by atoms with Gasteiger partial charge >= 0.3 is 0 Å². The van der Waals surface area contributed by atoms with E-state index in [1.807, 2.05) is 6.92 Å². The van der Waals surface area contributed by atoms with Gasteiger partial charge in [-0.15, -0.1) is 0 Å². The summed E-state index contributed by atoms with van der Waals surface area (Å²) in [6.45, 7) is 3.52. The summed E-state index contributed by atoms with van der Waals surface area (Å²) in [4.78, 5) is 24.5. The lowest BCUT2D eigenvalue weighted by molar-refractivity contribution is -0.384. The molecule has 1 aromatic carbocycles. The van der Waals surface area contributed by atoms with Gasteiger partial charge < -0.3 is 9.64 Å². The summed E-state index contributed by atoms with van der Waals surface area (Å²) in [5.74, 6) is -0.206. The number of morpholine rings is 1. The zero-order valence-corrected chi connectivity index (χ0v) is 12.6. The minimum Gasteiger partial charge on any atom is -0.375 e. The van der Waals surface area contributed by atoms with Gasteiger partial charge in [0.15, 0.2) is 0 Å². The van der Waals surface area contributed by atoms with Crippen LogP contribution in [0.5, 0.6) is 0 Å². The summed E-state index contributed by atoms with van der Waals surface area (Å²) in [5, 5.41) is 10.8. The van der Waals surface area contributed by atoms with Crippen LogP contribution in [0, 0.1) is 10.1 Å². The minimum atomic E-state index is -0.503. The van der Waals surface area contributed by atoms with Gasteiger partial charge in [-0.1, -0.05) is 6.92 Å². The van der Waals surface area contributed by atoms with Gasteiger partial charge in [0.05, 0.1) is 23.2 Å². The number of carbonyl (C=O) groups excluding carboxylic acids is 1. The summed E-state index contributed by atoms with van der Waals surface area (Å²) >= 11 is 3.28. The second kappa shape index (κ2) is 6.32. The van der Waals surface area contributed by atoms with Gasteiger partial charge in [-0.3, -0.25) is 14.9 Å². The first-order valence-corrected chi connectivity index (χ1v) is 7.17. The highest BCUT2D eigenvalue weighted by Crippen LogP contribution is 2.24. The summed E-state index contributed by atoms with van der Waals surface area (Å²) in [7, 11) is 0. The first kappa shape index (κ1) is 14.9. The van der Waals surface area contributed by atoms with Gasteiger partial charge in [-0.2, -0.15) is 0 Å². The van der Waals surface area contributed by atoms with Crippen molar-refractivity contribution >= 4 is 27.5 Å². The van der Waals surface area contributed by atoms with E-state index in [1.165, 1.54) is 18.2 Å². The van der Waals surface area contributed by atoms with Crippen LogP contribution in [-0.4, -0.2) is 41.5 Å². The maximum absolute atomic E-state index is 12.5. The largest absolute Gasteiger partial charge is 0.375 e. The number of hydrogen-bond acceptors (Lipinski definition) is 4. The predicted molar refractivity (Wildman–Crippen MR) is 76.7 cm³/mol. The number of nitro benzene ring substituents is 1. The summed E-state index contributed by atoms with van der Waals surface area (Å²) in [6.07, 6.45) is 0.866. The van der Waals surface area contributed by atoms with Crippen molar-refractivity contribution in [2.75, 3.05) is 19.7 Å². The Morgan fingerprint density at radius 2 is 2.35 bits per heavy atom. The van der Waals surface area contributed by atoms with Gasteiger partial charge in [0.2, 0.25) is 0 Å². The standard InChI is InChI=1S/C13H15BrN2O4/c1-2-10-8-15(5-6-20-10)13(17)11-7-9(16(18)19)3-4-12(11)14/h3-4,7,10H,2,5-6,8H2,1H3. The maximum Gasteiger partial charge on any atom is 0.270 e. The van der Waals surface area contributed by atoms with Crippen LogP contribution in [-0.2, 0) is 4.74 Å². The number of halogens is 1. The fourth-order valence-electron chi connectivity index (χ4n) is 2.11. The van der Waals surface area contributed by atoms with E-state index >= 15 is 0 Å².